The van der Waals surface area contributed by atoms with Crippen molar-refractivity contribution in [3.8, 4) is 0 Å². The standard InChI is InChI=1S/C15H21ClN2O3/c1-10(2)21-8-4-7-17-14(19)15(20)18-13-9-12(16)6-5-11(13)3/h5-6,9-10H,4,7-8H2,1-3H3,(H,17,19)(H,18,20). The number of hydrogen-bond donors (Lipinski definition) is 2. The highest BCUT2D eigenvalue weighted by Crippen LogP contribution is 2.19. The lowest BCUT2D eigenvalue weighted by Gasteiger charge is -2.10. The van der Waals surface area contributed by atoms with Crippen molar-refractivity contribution in [2.24, 2.45) is 0 Å². The Hall–Kier alpha value is -1.59. The zero-order valence-electron chi connectivity index (χ0n) is 12.5. The molecule has 0 saturated heterocycles. The molecule has 0 unspecified atom stereocenters. The summed E-state index contributed by atoms with van der Waals surface area (Å²) in [4.78, 5) is 23.4. The lowest BCUT2D eigenvalue weighted by Crippen LogP contribution is -2.36. The van der Waals surface area contributed by atoms with Crippen molar-refractivity contribution in [3.05, 3.63) is 28.8 Å². The minimum absolute atomic E-state index is 0.162. The third-order valence-corrected chi connectivity index (χ3v) is 2.95. The van der Waals surface area contributed by atoms with Crippen LogP contribution in [0.25, 0.3) is 0 Å². The summed E-state index contributed by atoms with van der Waals surface area (Å²) in [6.45, 7) is 6.66. The summed E-state index contributed by atoms with van der Waals surface area (Å²) in [7, 11) is 0. The first-order valence-corrected chi connectivity index (χ1v) is 7.25. The Morgan fingerprint density at radius 1 is 1.29 bits per heavy atom. The lowest BCUT2D eigenvalue weighted by molar-refractivity contribution is -0.136. The molecular formula is C15H21ClN2O3. The monoisotopic (exact) mass is 312 g/mol. The van der Waals surface area contributed by atoms with Gasteiger partial charge in [-0.25, -0.2) is 0 Å². The van der Waals surface area contributed by atoms with Gasteiger partial charge < -0.3 is 15.4 Å². The molecule has 21 heavy (non-hydrogen) atoms. The normalized spacial score (nSPS) is 10.5. The smallest absolute Gasteiger partial charge is 0.313 e. The Bertz CT molecular complexity index is 504. The van der Waals surface area contributed by atoms with E-state index in [4.69, 9.17) is 16.3 Å². The molecule has 0 saturated carbocycles. The minimum Gasteiger partial charge on any atom is -0.379 e. The van der Waals surface area contributed by atoms with Gasteiger partial charge in [0.25, 0.3) is 0 Å². The van der Waals surface area contributed by atoms with Gasteiger partial charge >= 0.3 is 11.8 Å². The van der Waals surface area contributed by atoms with E-state index < -0.39 is 11.8 Å². The molecule has 0 radical (unpaired) electrons. The second kappa shape index (κ2) is 8.64. The van der Waals surface area contributed by atoms with Gasteiger partial charge in [-0.2, -0.15) is 0 Å². The van der Waals surface area contributed by atoms with Crippen molar-refractivity contribution < 1.29 is 14.3 Å². The second-order valence-electron chi connectivity index (χ2n) is 4.94. The van der Waals surface area contributed by atoms with Gasteiger partial charge in [0.15, 0.2) is 0 Å². The maximum atomic E-state index is 11.8. The lowest BCUT2D eigenvalue weighted by atomic mass is 10.2. The van der Waals surface area contributed by atoms with Gasteiger partial charge in [0.2, 0.25) is 0 Å². The molecule has 0 spiro atoms. The van der Waals surface area contributed by atoms with E-state index in [1.54, 1.807) is 18.2 Å². The van der Waals surface area contributed by atoms with Crippen molar-refractivity contribution in [1.29, 1.82) is 0 Å². The van der Waals surface area contributed by atoms with Crippen LogP contribution in [-0.4, -0.2) is 31.1 Å². The van der Waals surface area contributed by atoms with Crippen LogP contribution in [0.2, 0.25) is 5.02 Å². The van der Waals surface area contributed by atoms with Crippen LogP contribution in [0, 0.1) is 6.92 Å². The number of rotatable bonds is 6. The first-order valence-electron chi connectivity index (χ1n) is 6.87. The van der Waals surface area contributed by atoms with E-state index in [2.05, 4.69) is 10.6 Å². The van der Waals surface area contributed by atoms with Gasteiger partial charge in [0.05, 0.1) is 6.10 Å². The van der Waals surface area contributed by atoms with E-state index in [0.29, 0.717) is 30.3 Å². The van der Waals surface area contributed by atoms with Crippen molar-refractivity contribution in [2.45, 2.75) is 33.3 Å². The summed E-state index contributed by atoms with van der Waals surface area (Å²) < 4.78 is 5.34. The van der Waals surface area contributed by atoms with Crippen LogP contribution in [-0.2, 0) is 14.3 Å². The third-order valence-electron chi connectivity index (χ3n) is 2.71. The van der Waals surface area contributed by atoms with Crippen LogP contribution < -0.4 is 10.6 Å². The molecule has 0 aliphatic carbocycles. The largest absolute Gasteiger partial charge is 0.379 e. The summed E-state index contributed by atoms with van der Waals surface area (Å²) in [5, 5.41) is 5.59. The number of carbonyl (C=O) groups excluding carboxylic acids is 2. The van der Waals surface area contributed by atoms with E-state index >= 15 is 0 Å². The van der Waals surface area contributed by atoms with E-state index in [1.807, 2.05) is 20.8 Å². The first kappa shape index (κ1) is 17.5. The number of aryl methyl sites for hydroxylation is 1. The van der Waals surface area contributed by atoms with Crippen molar-refractivity contribution in [3.63, 3.8) is 0 Å². The first-order chi connectivity index (χ1) is 9.90. The molecule has 2 amide bonds. The van der Waals surface area contributed by atoms with Crippen molar-refractivity contribution in [2.75, 3.05) is 18.5 Å². The number of benzene rings is 1. The van der Waals surface area contributed by atoms with Crippen LogP contribution in [0.5, 0.6) is 0 Å². The summed E-state index contributed by atoms with van der Waals surface area (Å²) in [6.07, 6.45) is 0.822. The fourth-order valence-electron chi connectivity index (χ4n) is 1.58. The second-order valence-corrected chi connectivity index (χ2v) is 5.38. The molecule has 6 heteroatoms. The SMILES string of the molecule is Cc1ccc(Cl)cc1NC(=O)C(=O)NCCCOC(C)C. The molecule has 0 aliphatic rings. The predicted molar refractivity (Wildman–Crippen MR) is 83.5 cm³/mol. The quantitative estimate of drug-likeness (QED) is 0.626. The molecule has 0 bridgehead atoms. The van der Waals surface area contributed by atoms with E-state index in [1.165, 1.54) is 0 Å². The molecule has 5 nitrogen and oxygen atoms in total. The Balaban J connectivity index is 2.37. The number of carbonyl (C=O) groups is 2. The Morgan fingerprint density at radius 3 is 2.67 bits per heavy atom. The zero-order valence-corrected chi connectivity index (χ0v) is 13.3. The molecule has 1 rings (SSSR count). The predicted octanol–water partition coefficient (Wildman–Crippen LogP) is 2.52. The number of hydrogen-bond acceptors (Lipinski definition) is 3. The van der Waals surface area contributed by atoms with E-state index in [-0.39, 0.29) is 6.10 Å². The van der Waals surface area contributed by atoms with Gasteiger partial charge in [-0.1, -0.05) is 17.7 Å². The highest BCUT2D eigenvalue weighted by molar-refractivity contribution is 6.40. The number of anilines is 1. The number of halogens is 1. The molecule has 0 aliphatic heterocycles. The molecule has 116 valence electrons. The van der Waals surface area contributed by atoms with Crippen LogP contribution in [0.3, 0.4) is 0 Å². The minimum atomic E-state index is -0.704. The Labute approximate surface area is 130 Å². The zero-order chi connectivity index (χ0) is 15.8. The molecule has 0 aromatic heterocycles. The molecule has 0 atom stereocenters. The maximum Gasteiger partial charge on any atom is 0.313 e. The Morgan fingerprint density at radius 2 is 2.00 bits per heavy atom. The van der Waals surface area contributed by atoms with Gasteiger partial charge in [0.1, 0.15) is 0 Å². The Kier molecular flexibility index (Phi) is 7.19. The van der Waals surface area contributed by atoms with Crippen LogP contribution in [0.1, 0.15) is 25.8 Å². The molecule has 1 aromatic carbocycles. The molecule has 0 heterocycles. The number of amides is 2. The average Bonchev–Trinajstić information content (AvgIpc) is 2.41. The van der Waals surface area contributed by atoms with Gasteiger partial charge in [-0.3, -0.25) is 9.59 Å². The number of ether oxygens (including phenoxy) is 1. The van der Waals surface area contributed by atoms with Gasteiger partial charge in [0, 0.05) is 23.9 Å². The molecule has 1 aromatic rings. The van der Waals surface area contributed by atoms with Gasteiger partial charge in [-0.05, 0) is 44.9 Å². The fraction of sp³-hybridized carbons (Fsp3) is 0.467. The summed E-state index contributed by atoms with van der Waals surface area (Å²) >= 11 is 5.86. The van der Waals surface area contributed by atoms with Gasteiger partial charge in [-0.15, -0.1) is 0 Å². The van der Waals surface area contributed by atoms with Crippen LogP contribution in [0.4, 0.5) is 5.69 Å². The fourth-order valence-corrected chi connectivity index (χ4v) is 1.75. The van der Waals surface area contributed by atoms with E-state index in [0.717, 1.165) is 5.56 Å². The van der Waals surface area contributed by atoms with E-state index in [9.17, 15) is 9.59 Å². The average molecular weight is 313 g/mol. The molecule has 2 N–H and O–H groups in total. The van der Waals surface area contributed by atoms with Crippen LogP contribution in [0.15, 0.2) is 18.2 Å². The summed E-state index contributed by atoms with van der Waals surface area (Å²) in [5.41, 5.74) is 1.37. The molecule has 0 fully saturated rings. The van der Waals surface area contributed by atoms with Crippen molar-refractivity contribution in [1.82, 2.24) is 5.32 Å². The highest BCUT2D eigenvalue weighted by Gasteiger charge is 2.14. The maximum absolute atomic E-state index is 11.8. The third kappa shape index (κ3) is 6.60. The summed E-state index contributed by atoms with van der Waals surface area (Å²) in [6, 6.07) is 5.11. The number of nitrogens with one attached hydrogen (secondary N) is 2. The van der Waals surface area contributed by atoms with Crippen molar-refractivity contribution >= 4 is 29.1 Å². The summed E-state index contributed by atoms with van der Waals surface area (Å²) in [5.74, 6) is -1.37. The highest BCUT2D eigenvalue weighted by atomic mass is 35.5. The van der Waals surface area contributed by atoms with Crippen LogP contribution >= 0.6 is 11.6 Å². The molecular weight excluding hydrogens is 292 g/mol. The topological polar surface area (TPSA) is 67.4 Å².